The van der Waals surface area contributed by atoms with Gasteiger partial charge in [0.25, 0.3) is 22.7 Å². The molecule has 0 unspecified atom stereocenters. The zero-order valence-corrected chi connectivity index (χ0v) is 26.4. The minimum Gasteiger partial charge on any atom is -0.351 e. The number of aromatic nitrogens is 8. The third-order valence-electron chi connectivity index (χ3n) is 9.13. The number of aryl methyl sites for hydroxylation is 4. The second-order valence-electron chi connectivity index (χ2n) is 12.1. The molecule has 0 atom stereocenters. The number of rotatable bonds is 4. The van der Waals surface area contributed by atoms with Crippen molar-refractivity contribution >= 4 is 23.2 Å². The van der Waals surface area contributed by atoms with E-state index in [4.69, 9.17) is 9.97 Å². The van der Waals surface area contributed by atoms with Gasteiger partial charge in [-0.3, -0.25) is 0 Å². The van der Waals surface area contributed by atoms with E-state index in [0.717, 1.165) is 93.6 Å². The molecule has 3 aliphatic rings. The van der Waals surface area contributed by atoms with Crippen LogP contribution in [-0.2, 0) is 25.7 Å². The van der Waals surface area contributed by atoms with Crippen molar-refractivity contribution in [3.05, 3.63) is 169 Å². The molecule has 9 rings (SSSR count). The molecule has 6 aromatic heterocycles. The van der Waals surface area contributed by atoms with Crippen molar-refractivity contribution in [2.75, 3.05) is 0 Å². The zero-order valence-electron chi connectivity index (χ0n) is 26.4. The van der Waals surface area contributed by atoms with Crippen molar-refractivity contribution in [2.24, 2.45) is 0 Å². The van der Waals surface area contributed by atoms with E-state index in [1.165, 1.54) is 0 Å². The molecule has 0 aromatic carbocycles. The van der Waals surface area contributed by atoms with E-state index in [0.29, 0.717) is 0 Å². The summed E-state index contributed by atoms with van der Waals surface area (Å²) >= 11 is 0. The van der Waals surface area contributed by atoms with Crippen LogP contribution in [0.15, 0.2) is 135 Å². The molecule has 0 aliphatic carbocycles. The van der Waals surface area contributed by atoms with Gasteiger partial charge >= 0.3 is 0 Å². The van der Waals surface area contributed by atoms with Gasteiger partial charge in [0, 0.05) is 61.4 Å². The first-order valence-electron chi connectivity index (χ1n) is 16.4. The molecular weight excluding hydrogens is 592 g/mol. The number of nitrogens with zero attached hydrogens (tertiary/aromatic N) is 6. The van der Waals surface area contributed by atoms with Crippen LogP contribution in [-0.4, -0.2) is 19.9 Å². The molecule has 0 spiro atoms. The second-order valence-corrected chi connectivity index (χ2v) is 12.1. The monoisotopic (exact) mass is 626 g/mol. The van der Waals surface area contributed by atoms with Gasteiger partial charge in [-0.15, -0.1) is 0 Å². The summed E-state index contributed by atoms with van der Waals surface area (Å²) in [4.78, 5) is 18.5. The summed E-state index contributed by atoms with van der Waals surface area (Å²) in [5, 5.41) is 0. The predicted molar refractivity (Wildman–Crippen MR) is 182 cm³/mol. The van der Waals surface area contributed by atoms with Crippen molar-refractivity contribution in [1.29, 1.82) is 0 Å². The van der Waals surface area contributed by atoms with E-state index in [-0.39, 0.29) is 0 Å². The van der Waals surface area contributed by atoms with Crippen LogP contribution in [0.1, 0.15) is 34.2 Å². The first-order chi connectivity index (χ1) is 23.8. The average molecular weight is 627 g/mol. The lowest BCUT2D eigenvalue weighted by molar-refractivity contribution is -0.597. The molecule has 8 nitrogen and oxygen atoms in total. The minimum atomic E-state index is 0.830. The SMILES string of the molecule is C1=Cc2nc1c(-[n+]1ccccc1)c1[nH]c(c(-[n+]3ccccc3)c3nc(c(-[n+]4ccccc4)c4ccc([nH]4)c2-[n+]2ccccc2)CC3)CC1. The number of hydrogen-bond donors (Lipinski definition) is 2. The molecular formula is C40H34N8+4. The fourth-order valence-electron chi connectivity index (χ4n) is 7.03. The van der Waals surface area contributed by atoms with Gasteiger partial charge in [0.1, 0.15) is 33.8 Å². The second kappa shape index (κ2) is 11.8. The summed E-state index contributed by atoms with van der Waals surface area (Å²) in [6.07, 6.45) is 24.4. The van der Waals surface area contributed by atoms with Gasteiger partial charge in [-0.25, -0.2) is 9.97 Å². The third-order valence-corrected chi connectivity index (χ3v) is 9.13. The van der Waals surface area contributed by atoms with Crippen LogP contribution in [0.3, 0.4) is 0 Å². The first kappa shape index (κ1) is 28.0. The molecule has 48 heavy (non-hydrogen) atoms. The molecule has 6 aromatic rings. The van der Waals surface area contributed by atoms with Crippen molar-refractivity contribution in [3.63, 3.8) is 0 Å². The van der Waals surface area contributed by atoms with Crippen LogP contribution in [0.5, 0.6) is 0 Å². The number of H-pyrrole nitrogens is 2. The molecule has 0 saturated heterocycles. The van der Waals surface area contributed by atoms with Crippen LogP contribution in [0.25, 0.3) is 45.9 Å². The average Bonchev–Trinajstić information content (AvgIpc) is 3.98. The molecule has 0 amide bonds. The lowest BCUT2D eigenvalue weighted by Crippen LogP contribution is -2.32. The molecule has 3 aliphatic heterocycles. The van der Waals surface area contributed by atoms with E-state index < -0.39 is 0 Å². The molecule has 9 heterocycles. The maximum Gasteiger partial charge on any atom is 0.260 e. The third kappa shape index (κ3) is 4.95. The normalized spacial score (nSPS) is 13.0. The Labute approximate surface area is 278 Å². The van der Waals surface area contributed by atoms with Gasteiger partial charge in [0.05, 0.1) is 11.4 Å². The number of hydrogen-bond acceptors (Lipinski definition) is 2. The first-order valence-corrected chi connectivity index (χ1v) is 16.4. The fraction of sp³-hybridized carbons (Fsp3) is 0.100. The van der Waals surface area contributed by atoms with Crippen LogP contribution in [0.2, 0.25) is 0 Å². The van der Waals surface area contributed by atoms with E-state index in [2.05, 4.69) is 145 Å². The Balaban J connectivity index is 1.47. The Morgan fingerprint density at radius 3 is 1.38 bits per heavy atom. The van der Waals surface area contributed by atoms with Gasteiger partial charge < -0.3 is 9.97 Å². The minimum absolute atomic E-state index is 0.830. The molecule has 230 valence electrons. The largest absolute Gasteiger partial charge is 0.351 e. The van der Waals surface area contributed by atoms with Crippen molar-refractivity contribution in [3.8, 4) is 22.7 Å². The molecule has 8 bridgehead atoms. The lowest BCUT2D eigenvalue weighted by atomic mass is 10.1. The van der Waals surface area contributed by atoms with Crippen LogP contribution < -0.4 is 18.3 Å². The number of aromatic amines is 2. The summed E-state index contributed by atoms with van der Waals surface area (Å²) in [6.45, 7) is 0. The summed E-state index contributed by atoms with van der Waals surface area (Å²) < 4.78 is 8.70. The van der Waals surface area contributed by atoms with E-state index in [1.807, 2.05) is 30.3 Å². The molecule has 0 fully saturated rings. The highest BCUT2D eigenvalue weighted by Crippen LogP contribution is 2.28. The Kier molecular flexibility index (Phi) is 6.89. The predicted octanol–water partition coefficient (Wildman–Crippen LogP) is 4.88. The highest BCUT2D eigenvalue weighted by molar-refractivity contribution is 5.82. The standard InChI is InChI=1S/C40H34N8/c1-5-21-45(22-6-1)37-29-13-15-31(41-29)38(46-23-7-2-8-24-46)33-17-19-35(43-33)40(48-27-11-4-12-28-48)36-20-18-34(44-36)39(32-16-14-30(37)42-32)47-25-9-3-10-26-47/h1-16,21-28,41,44H,17-20H2/q+4. The van der Waals surface area contributed by atoms with Gasteiger partial charge in [0.2, 0.25) is 0 Å². The van der Waals surface area contributed by atoms with Crippen LogP contribution in [0, 0.1) is 0 Å². The number of fused-ring (bicyclic) bond motifs is 8. The summed E-state index contributed by atoms with van der Waals surface area (Å²) in [5.74, 6) is 0. The van der Waals surface area contributed by atoms with E-state index >= 15 is 0 Å². The summed E-state index contributed by atoms with van der Waals surface area (Å²) in [5.41, 5.74) is 12.4. The Bertz CT molecular complexity index is 2380. The Morgan fingerprint density at radius 1 is 0.396 bits per heavy atom. The smallest absolute Gasteiger partial charge is 0.260 e. The number of pyridine rings is 4. The maximum absolute atomic E-state index is 5.44. The van der Waals surface area contributed by atoms with Crippen LogP contribution >= 0.6 is 0 Å². The number of nitrogens with one attached hydrogen (secondary N) is 2. The van der Waals surface area contributed by atoms with E-state index in [1.54, 1.807) is 0 Å². The van der Waals surface area contributed by atoms with Gasteiger partial charge in [-0.2, -0.15) is 18.3 Å². The van der Waals surface area contributed by atoms with Gasteiger partial charge in [-0.05, 0) is 37.1 Å². The van der Waals surface area contributed by atoms with Crippen molar-refractivity contribution < 1.29 is 18.3 Å². The summed E-state index contributed by atoms with van der Waals surface area (Å²) in [7, 11) is 0. The molecule has 8 heteroatoms. The molecule has 0 saturated carbocycles. The van der Waals surface area contributed by atoms with E-state index in [9.17, 15) is 0 Å². The lowest BCUT2D eigenvalue weighted by Gasteiger charge is -2.01. The zero-order chi connectivity index (χ0) is 31.9. The van der Waals surface area contributed by atoms with Gasteiger partial charge in [0.15, 0.2) is 49.6 Å². The van der Waals surface area contributed by atoms with Crippen molar-refractivity contribution in [1.82, 2.24) is 19.9 Å². The fourth-order valence-corrected chi connectivity index (χ4v) is 7.03. The Hall–Kier alpha value is -6.28. The highest BCUT2D eigenvalue weighted by atomic mass is 15.0. The summed E-state index contributed by atoms with van der Waals surface area (Å²) in [6, 6.07) is 29.0. The van der Waals surface area contributed by atoms with Gasteiger partial charge in [-0.1, -0.05) is 24.3 Å². The topological polar surface area (TPSA) is 72.9 Å². The quantitative estimate of drug-likeness (QED) is 0.274. The van der Waals surface area contributed by atoms with Crippen LogP contribution in [0.4, 0.5) is 0 Å². The maximum atomic E-state index is 5.44. The highest BCUT2D eigenvalue weighted by Gasteiger charge is 2.30. The Morgan fingerprint density at radius 2 is 0.812 bits per heavy atom. The molecule has 0 radical (unpaired) electrons. The van der Waals surface area contributed by atoms with Crippen molar-refractivity contribution in [2.45, 2.75) is 25.7 Å². The molecule has 2 N–H and O–H groups in total.